The Kier molecular flexibility index (Phi) is 22.0. The van der Waals surface area contributed by atoms with Crippen LogP contribution < -0.4 is 5.06 Å². The molecule has 1 aromatic carbocycles. The highest BCUT2D eigenvalue weighted by atomic mass is 35.5. The van der Waals surface area contributed by atoms with E-state index in [2.05, 4.69) is 0 Å². The van der Waals surface area contributed by atoms with Gasteiger partial charge in [-0.05, 0) is 132 Å². The van der Waals surface area contributed by atoms with Crippen LogP contribution >= 0.6 is 23.2 Å². The molecule has 0 radical (unpaired) electrons. The van der Waals surface area contributed by atoms with Crippen molar-refractivity contribution in [3.05, 3.63) is 51.5 Å². The van der Waals surface area contributed by atoms with E-state index in [0.717, 1.165) is 5.57 Å². The standard InChI is InChI=1S/C57H84Cl2N2O14/c1-31-24-35(5)51(64)53(72-10)52(65)36(6)25-32(2)46(63)30-48(33(3)26-38-18-22-45(62)49(28-38)71-9)73-56(68)44-16-11-12-23-60(44)55(67)54(66)57(69)37(7)17-19-39(74-57)29-47(70-8)34(4)27-40-20-21-43(31)61(75-40)50-41(58)14-13-15-42(50)59/h13-15,25,27,31-33,35,37-40,43-45,47-49,52-53,62,65,69H,11-12,16-24,26,28-30H2,1-10H3/b34-27+,36-25+/t31-,32+,33+,35+,37+,38-,39-,40?,43?,44-,45+,47-,48?,49+,52+,53-,57+/m0/s1. The lowest BCUT2D eigenvalue weighted by molar-refractivity contribution is -0.265. The molecule has 4 bridgehead atoms. The summed E-state index contributed by atoms with van der Waals surface area (Å²) in [5.41, 5.74) is 1.64. The van der Waals surface area contributed by atoms with Gasteiger partial charge in [0.05, 0.1) is 40.5 Å². The third-order valence-electron chi connectivity index (χ3n) is 17.0. The molecule has 0 aromatic heterocycles. The van der Waals surface area contributed by atoms with Crippen LogP contribution in [0.1, 0.15) is 138 Å². The van der Waals surface area contributed by atoms with E-state index in [4.69, 9.17) is 51.7 Å². The number of ether oxygens (including phenoxy) is 5. The van der Waals surface area contributed by atoms with E-state index in [0.29, 0.717) is 91.9 Å². The summed E-state index contributed by atoms with van der Waals surface area (Å²) in [5.74, 6) is -8.64. The van der Waals surface area contributed by atoms with Crippen LogP contribution in [0.15, 0.2) is 41.5 Å². The molecule has 3 unspecified atom stereocenters. The normalized spacial score (nSPS) is 38.8. The van der Waals surface area contributed by atoms with Gasteiger partial charge in [-0.2, -0.15) is 0 Å². The number of rotatable bonds is 7. The van der Waals surface area contributed by atoms with Gasteiger partial charge in [0.1, 0.15) is 41.9 Å². The number of allylic oxidation sites excluding steroid dienone is 1. The molecular formula is C57H84Cl2N2O14. The van der Waals surface area contributed by atoms with Gasteiger partial charge in [0, 0.05) is 58.5 Å². The van der Waals surface area contributed by atoms with Crippen molar-refractivity contribution in [1.29, 1.82) is 0 Å². The Morgan fingerprint density at radius 3 is 2.20 bits per heavy atom. The zero-order valence-electron chi connectivity index (χ0n) is 45.7. The maximum atomic E-state index is 14.5. The summed E-state index contributed by atoms with van der Waals surface area (Å²) in [6.07, 6.45) is 3.43. The van der Waals surface area contributed by atoms with Crippen LogP contribution in [0.3, 0.4) is 0 Å². The molecule has 7 rings (SSSR count). The number of hydrogen-bond donors (Lipinski definition) is 3. The van der Waals surface area contributed by atoms with Crippen molar-refractivity contribution in [1.82, 2.24) is 4.90 Å². The van der Waals surface area contributed by atoms with Gasteiger partial charge < -0.3 is 43.9 Å². The minimum Gasteiger partial charge on any atom is -0.460 e. The molecule has 1 aliphatic carbocycles. The average molecular weight is 1090 g/mol. The number of amides is 1. The van der Waals surface area contributed by atoms with Gasteiger partial charge >= 0.3 is 5.97 Å². The monoisotopic (exact) mass is 1090 g/mol. The predicted molar refractivity (Wildman–Crippen MR) is 284 cm³/mol. The summed E-state index contributed by atoms with van der Waals surface area (Å²) in [7, 11) is 4.50. The first-order valence-corrected chi connectivity index (χ1v) is 28.0. The molecule has 75 heavy (non-hydrogen) atoms. The SMILES string of the molecule is CO[C@H]1C[C@@H]2CC[C@@H](C)[C@@](O)(O2)C(=O)C(=O)N2CCCC[C@H]2C(=O)OC([C@H](C)C[C@@H]2CC[C@@H](O)[C@H](OC)C2)CC(=O)[C@H](C)/C=C(\C)[C@@H](O)[C@@H](OC)C(=O)[C@H](C)C[C@H](C)C2CCC(/C=C/1C)ON2c1c(Cl)cccc1Cl. The first-order chi connectivity index (χ1) is 35.5. The van der Waals surface area contributed by atoms with Crippen molar-refractivity contribution in [3.63, 3.8) is 0 Å². The van der Waals surface area contributed by atoms with E-state index in [1.807, 2.05) is 33.8 Å². The van der Waals surface area contributed by atoms with E-state index in [1.165, 1.54) is 12.0 Å². The van der Waals surface area contributed by atoms with Crippen molar-refractivity contribution < 1.29 is 67.8 Å². The number of halogens is 2. The van der Waals surface area contributed by atoms with Crippen LogP contribution in [0.25, 0.3) is 0 Å². The molecule has 420 valence electrons. The molecule has 1 saturated carbocycles. The van der Waals surface area contributed by atoms with Crippen molar-refractivity contribution in [2.24, 2.45) is 35.5 Å². The van der Waals surface area contributed by atoms with E-state index in [1.54, 1.807) is 64.3 Å². The Morgan fingerprint density at radius 1 is 0.827 bits per heavy atom. The van der Waals surface area contributed by atoms with Crippen LogP contribution in [0.2, 0.25) is 10.0 Å². The number of benzene rings is 1. The van der Waals surface area contributed by atoms with Gasteiger partial charge in [-0.25, -0.2) is 9.86 Å². The Bertz CT molecular complexity index is 2210. The number of Topliss-reactive ketones (excluding diaryl/α,β-unsaturated/α-hetero) is 3. The van der Waals surface area contributed by atoms with Crippen molar-refractivity contribution in [3.8, 4) is 0 Å². The number of hydroxylamine groups is 1. The van der Waals surface area contributed by atoms with Gasteiger partial charge in [0.25, 0.3) is 11.7 Å². The van der Waals surface area contributed by atoms with Crippen LogP contribution in [0, 0.1) is 35.5 Å². The van der Waals surface area contributed by atoms with E-state index in [9.17, 15) is 39.3 Å². The third kappa shape index (κ3) is 14.5. The zero-order chi connectivity index (χ0) is 55.1. The van der Waals surface area contributed by atoms with Crippen LogP contribution in [-0.2, 0) is 52.5 Å². The third-order valence-corrected chi connectivity index (χ3v) is 17.6. The molecule has 5 heterocycles. The molecular weight excluding hydrogens is 1010 g/mol. The maximum absolute atomic E-state index is 14.5. The van der Waals surface area contributed by atoms with Crippen molar-refractivity contribution in [2.45, 2.75) is 205 Å². The molecule has 1 amide bonds. The lowest BCUT2D eigenvalue weighted by atomic mass is 9.78. The highest BCUT2D eigenvalue weighted by Gasteiger charge is 2.53. The first kappa shape index (κ1) is 60.9. The maximum Gasteiger partial charge on any atom is 0.329 e. The fourth-order valence-corrected chi connectivity index (χ4v) is 12.8. The molecule has 18 heteroatoms. The number of carbonyl (C=O) groups excluding carboxylic acids is 5. The summed E-state index contributed by atoms with van der Waals surface area (Å²) >= 11 is 13.7. The summed E-state index contributed by atoms with van der Waals surface area (Å²) in [4.78, 5) is 80.0. The number of nitrogens with zero attached hydrogens (tertiary/aromatic N) is 2. The van der Waals surface area contributed by atoms with Gasteiger partial charge in [-0.3, -0.25) is 24.0 Å². The number of ketones is 3. The van der Waals surface area contributed by atoms with Crippen LogP contribution in [0.5, 0.6) is 0 Å². The largest absolute Gasteiger partial charge is 0.460 e. The quantitative estimate of drug-likeness (QED) is 0.133. The van der Waals surface area contributed by atoms with E-state index < -0.39 is 90.0 Å². The number of methoxy groups -OCH3 is 3. The number of anilines is 1. The first-order valence-electron chi connectivity index (χ1n) is 27.3. The molecule has 5 aliphatic heterocycles. The highest BCUT2D eigenvalue weighted by molar-refractivity contribution is 6.39. The minimum atomic E-state index is -2.49. The number of esters is 1. The topological polar surface area (TPSA) is 208 Å². The molecule has 0 spiro atoms. The second-order valence-electron chi connectivity index (χ2n) is 22.5. The Balaban J connectivity index is 1.36. The number of aliphatic hydroxyl groups excluding tert-OH is 2. The summed E-state index contributed by atoms with van der Waals surface area (Å²) in [5, 5.41) is 37.0. The van der Waals surface area contributed by atoms with Crippen molar-refractivity contribution >= 4 is 58.1 Å². The molecule has 3 N–H and O–H groups in total. The molecule has 17 atom stereocenters. The highest BCUT2D eigenvalue weighted by Crippen LogP contribution is 2.43. The predicted octanol–water partition coefficient (Wildman–Crippen LogP) is 8.34. The van der Waals surface area contributed by atoms with Gasteiger partial charge in [-0.15, -0.1) is 0 Å². The number of carbonyl (C=O) groups is 5. The molecule has 4 fully saturated rings. The molecule has 6 aliphatic rings. The smallest absolute Gasteiger partial charge is 0.329 e. The van der Waals surface area contributed by atoms with Gasteiger partial charge in [0.2, 0.25) is 5.79 Å². The number of aliphatic hydroxyl groups is 3. The number of hydrogen-bond acceptors (Lipinski definition) is 15. The van der Waals surface area contributed by atoms with Crippen LogP contribution in [0.4, 0.5) is 5.69 Å². The Hall–Kier alpha value is -3.29. The van der Waals surface area contributed by atoms with Crippen molar-refractivity contribution in [2.75, 3.05) is 32.9 Å². The number of piperidine rings is 1. The fraction of sp³-hybridized carbons (Fsp3) is 0.737. The fourth-order valence-electron chi connectivity index (χ4n) is 12.2. The molecule has 3 saturated heterocycles. The summed E-state index contributed by atoms with van der Waals surface area (Å²) in [6, 6.07) is 3.77. The average Bonchev–Trinajstić information content (AvgIpc) is 3.38. The zero-order valence-corrected chi connectivity index (χ0v) is 47.2. The Labute approximate surface area is 454 Å². The van der Waals surface area contributed by atoms with Crippen LogP contribution in [-0.4, -0.2) is 144 Å². The van der Waals surface area contributed by atoms with E-state index in [-0.39, 0.29) is 67.3 Å². The molecule has 16 nitrogen and oxygen atoms in total. The summed E-state index contributed by atoms with van der Waals surface area (Å²) < 4.78 is 29.9. The number of fused-ring (bicyclic) bond motifs is 17. The Morgan fingerprint density at radius 2 is 1.53 bits per heavy atom. The lowest BCUT2D eigenvalue weighted by Crippen LogP contribution is -2.61. The lowest BCUT2D eigenvalue weighted by Gasteiger charge is -2.44. The molecule has 1 aromatic rings. The van der Waals surface area contributed by atoms with Gasteiger partial charge in [0.15, 0.2) is 5.78 Å². The second kappa shape index (κ2) is 27.0. The van der Waals surface area contributed by atoms with Gasteiger partial charge in [-0.1, -0.05) is 76.0 Å². The van der Waals surface area contributed by atoms with E-state index >= 15 is 0 Å². The minimum absolute atomic E-state index is 0.0616. The summed E-state index contributed by atoms with van der Waals surface area (Å²) in [6.45, 7) is 12.7. The second-order valence-corrected chi connectivity index (χ2v) is 23.3. The number of para-hydroxylation sites is 1.